The maximum absolute atomic E-state index is 12.5. The molecule has 0 radical (unpaired) electrons. The van der Waals surface area contributed by atoms with Gasteiger partial charge >= 0.3 is 0 Å². The minimum absolute atomic E-state index is 0.0127. The zero-order valence-corrected chi connectivity index (χ0v) is 12.8. The number of aryl methyl sites for hydroxylation is 2. The summed E-state index contributed by atoms with van der Waals surface area (Å²) in [5.41, 5.74) is 7.35. The third-order valence-electron chi connectivity index (χ3n) is 3.21. The van der Waals surface area contributed by atoms with Crippen LogP contribution in [0.3, 0.4) is 0 Å². The number of oxime groups is 1. The summed E-state index contributed by atoms with van der Waals surface area (Å²) < 4.78 is 26.3. The molecular formula is C13H21N3O3S. The first-order valence-electron chi connectivity index (χ1n) is 6.36. The summed E-state index contributed by atoms with van der Waals surface area (Å²) in [5.74, 6) is 0.0127. The van der Waals surface area contributed by atoms with E-state index >= 15 is 0 Å². The Hall–Kier alpha value is -1.60. The van der Waals surface area contributed by atoms with Gasteiger partial charge in [0.05, 0.1) is 4.90 Å². The number of nitrogens with zero attached hydrogens (tertiary/aromatic N) is 2. The molecule has 20 heavy (non-hydrogen) atoms. The molecule has 0 saturated heterocycles. The summed E-state index contributed by atoms with van der Waals surface area (Å²) >= 11 is 0. The average molecular weight is 299 g/mol. The van der Waals surface area contributed by atoms with E-state index in [2.05, 4.69) is 5.16 Å². The van der Waals surface area contributed by atoms with Gasteiger partial charge in [0.2, 0.25) is 10.0 Å². The van der Waals surface area contributed by atoms with Gasteiger partial charge in [-0.2, -0.15) is 4.31 Å². The summed E-state index contributed by atoms with van der Waals surface area (Å²) in [6.45, 7) is 6.07. The van der Waals surface area contributed by atoms with Gasteiger partial charge in [-0.25, -0.2) is 8.42 Å². The SMILES string of the molecule is CCN(CCC(N)=NO)S(=O)(=O)c1ccc(C)c(C)c1. The molecule has 0 amide bonds. The Labute approximate surface area is 119 Å². The zero-order valence-electron chi connectivity index (χ0n) is 12.0. The number of nitrogens with two attached hydrogens (primary N) is 1. The fourth-order valence-electron chi connectivity index (χ4n) is 1.76. The Morgan fingerprint density at radius 2 is 2.00 bits per heavy atom. The van der Waals surface area contributed by atoms with E-state index in [1.165, 1.54) is 4.31 Å². The van der Waals surface area contributed by atoms with Gasteiger partial charge in [0, 0.05) is 19.5 Å². The summed E-state index contributed by atoms with van der Waals surface area (Å²) in [6.07, 6.45) is 0.189. The van der Waals surface area contributed by atoms with Crippen LogP contribution in [0.4, 0.5) is 0 Å². The fraction of sp³-hybridized carbons (Fsp3) is 0.462. The highest BCUT2D eigenvalue weighted by Gasteiger charge is 2.23. The van der Waals surface area contributed by atoms with Gasteiger partial charge in [-0.05, 0) is 37.1 Å². The van der Waals surface area contributed by atoms with Gasteiger partial charge in [0.25, 0.3) is 0 Å². The third-order valence-corrected chi connectivity index (χ3v) is 5.18. The Bertz CT molecular complexity index is 597. The molecule has 0 aromatic heterocycles. The van der Waals surface area contributed by atoms with Crippen molar-refractivity contribution < 1.29 is 13.6 Å². The standard InChI is InChI=1S/C13H21N3O3S/c1-4-16(8-7-13(14)15-17)20(18,19)12-6-5-10(2)11(3)9-12/h5-6,9,17H,4,7-8H2,1-3H3,(H2,14,15). The molecule has 0 bridgehead atoms. The summed E-state index contributed by atoms with van der Waals surface area (Å²) in [6, 6.07) is 5.06. The molecule has 0 heterocycles. The molecule has 0 atom stereocenters. The first-order valence-corrected chi connectivity index (χ1v) is 7.80. The Morgan fingerprint density at radius 1 is 1.35 bits per heavy atom. The smallest absolute Gasteiger partial charge is 0.243 e. The number of rotatable bonds is 6. The van der Waals surface area contributed by atoms with Crippen molar-refractivity contribution in [1.29, 1.82) is 0 Å². The molecule has 0 spiro atoms. The lowest BCUT2D eigenvalue weighted by Crippen LogP contribution is -2.34. The van der Waals surface area contributed by atoms with Crippen molar-refractivity contribution in [1.82, 2.24) is 4.31 Å². The van der Waals surface area contributed by atoms with E-state index in [1.807, 2.05) is 13.8 Å². The van der Waals surface area contributed by atoms with Crippen molar-refractivity contribution in [3.63, 3.8) is 0 Å². The first kappa shape index (κ1) is 16.5. The Morgan fingerprint density at radius 3 is 2.50 bits per heavy atom. The van der Waals surface area contributed by atoms with Crippen LogP contribution in [0.25, 0.3) is 0 Å². The van der Waals surface area contributed by atoms with Crippen LogP contribution >= 0.6 is 0 Å². The van der Waals surface area contributed by atoms with Crippen LogP contribution in [0, 0.1) is 13.8 Å². The highest BCUT2D eigenvalue weighted by atomic mass is 32.2. The lowest BCUT2D eigenvalue weighted by Gasteiger charge is -2.20. The molecule has 3 N–H and O–H groups in total. The quantitative estimate of drug-likeness (QED) is 0.359. The molecule has 0 unspecified atom stereocenters. The predicted molar refractivity (Wildman–Crippen MR) is 78.4 cm³/mol. The molecule has 0 fully saturated rings. The number of benzene rings is 1. The number of sulfonamides is 1. The van der Waals surface area contributed by atoms with E-state index in [0.717, 1.165) is 11.1 Å². The molecule has 6 nitrogen and oxygen atoms in total. The van der Waals surface area contributed by atoms with Gasteiger partial charge in [-0.15, -0.1) is 0 Å². The van der Waals surface area contributed by atoms with Crippen molar-refractivity contribution in [2.75, 3.05) is 13.1 Å². The number of hydrogen-bond acceptors (Lipinski definition) is 4. The summed E-state index contributed by atoms with van der Waals surface area (Å²) in [5, 5.41) is 11.4. The second-order valence-electron chi connectivity index (χ2n) is 4.58. The largest absolute Gasteiger partial charge is 0.409 e. The van der Waals surface area contributed by atoms with Crippen LogP contribution < -0.4 is 5.73 Å². The maximum Gasteiger partial charge on any atom is 0.243 e. The normalized spacial score (nSPS) is 12.9. The molecule has 0 saturated carbocycles. The third kappa shape index (κ3) is 3.71. The molecule has 0 aliphatic rings. The van der Waals surface area contributed by atoms with E-state index in [0.29, 0.717) is 6.54 Å². The highest BCUT2D eigenvalue weighted by molar-refractivity contribution is 7.89. The number of hydrogen-bond donors (Lipinski definition) is 2. The minimum atomic E-state index is -3.55. The second kappa shape index (κ2) is 6.71. The minimum Gasteiger partial charge on any atom is -0.409 e. The Balaban J connectivity index is 3.02. The van der Waals surface area contributed by atoms with Gasteiger partial charge in [0.1, 0.15) is 5.84 Å². The van der Waals surface area contributed by atoms with Crippen LogP contribution in [0.1, 0.15) is 24.5 Å². The van der Waals surface area contributed by atoms with Crippen LogP contribution in [0.15, 0.2) is 28.3 Å². The molecular weight excluding hydrogens is 278 g/mol. The average Bonchev–Trinajstić information content (AvgIpc) is 2.41. The van der Waals surface area contributed by atoms with E-state index in [9.17, 15) is 8.42 Å². The van der Waals surface area contributed by atoms with Crippen molar-refractivity contribution in [3.05, 3.63) is 29.3 Å². The van der Waals surface area contributed by atoms with Gasteiger partial charge < -0.3 is 10.9 Å². The zero-order chi connectivity index (χ0) is 15.3. The molecule has 0 aliphatic heterocycles. The molecule has 1 aromatic rings. The molecule has 1 aromatic carbocycles. The van der Waals surface area contributed by atoms with Gasteiger partial charge in [0.15, 0.2) is 0 Å². The first-order chi connectivity index (χ1) is 9.32. The highest BCUT2D eigenvalue weighted by Crippen LogP contribution is 2.19. The second-order valence-corrected chi connectivity index (χ2v) is 6.52. The fourth-order valence-corrected chi connectivity index (χ4v) is 3.30. The van der Waals surface area contributed by atoms with Crippen LogP contribution in [-0.2, 0) is 10.0 Å². The van der Waals surface area contributed by atoms with Crippen molar-refractivity contribution in [3.8, 4) is 0 Å². The van der Waals surface area contributed by atoms with Crippen molar-refractivity contribution in [2.45, 2.75) is 32.1 Å². The van der Waals surface area contributed by atoms with Crippen molar-refractivity contribution in [2.24, 2.45) is 10.9 Å². The van der Waals surface area contributed by atoms with E-state index in [-0.39, 0.29) is 23.7 Å². The molecule has 112 valence electrons. The molecule has 0 aliphatic carbocycles. The monoisotopic (exact) mass is 299 g/mol. The Kier molecular flexibility index (Phi) is 5.52. The summed E-state index contributed by atoms with van der Waals surface area (Å²) in [4.78, 5) is 0.266. The van der Waals surface area contributed by atoms with Crippen LogP contribution in [-0.4, -0.2) is 36.9 Å². The summed E-state index contributed by atoms with van der Waals surface area (Å²) in [7, 11) is -3.55. The predicted octanol–water partition coefficient (Wildman–Crippen LogP) is 1.45. The molecule has 7 heteroatoms. The van der Waals surface area contributed by atoms with E-state index in [4.69, 9.17) is 10.9 Å². The number of amidine groups is 1. The van der Waals surface area contributed by atoms with E-state index in [1.54, 1.807) is 25.1 Å². The lowest BCUT2D eigenvalue weighted by atomic mass is 10.1. The maximum atomic E-state index is 12.5. The van der Waals surface area contributed by atoms with Gasteiger partial charge in [-0.1, -0.05) is 18.1 Å². The lowest BCUT2D eigenvalue weighted by molar-refractivity contribution is 0.315. The van der Waals surface area contributed by atoms with Crippen molar-refractivity contribution >= 4 is 15.9 Å². The topological polar surface area (TPSA) is 96.0 Å². The van der Waals surface area contributed by atoms with Crippen LogP contribution in [0.2, 0.25) is 0 Å². The van der Waals surface area contributed by atoms with E-state index < -0.39 is 10.0 Å². The molecule has 1 rings (SSSR count). The van der Waals surface area contributed by atoms with Crippen LogP contribution in [0.5, 0.6) is 0 Å². The van der Waals surface area contributed by atoms with Gasteiger partial charge in [-0.3, -0.25) is 0 Å².